The smallest absolute Gasteiger partial charge is 0.314 e. The van der Waals surface area contributed by atoms with Crippen molar-refractivity contribution in [2.24, 2.45) is 0 Å². The highest BCUT2D eigenvalue weighted by Gasteiger charge is 2.90. The highest BCUT2D eigenvalue weighted by Crippen LogP contribution is 2.61. The predicted octanol–water partition coefficient (Wildman–Crippen LogP) is 11.5. The molecular weight excluding hydrogens is 776 g/mol. The van der Waals surface area contributed by atoms with Crippen molar-refractivity contribution in [2.75, 3.05) is 0 Å². The molecule has 0 atom stereocenters. The average molecular weight is 788 g/mol. The second-order valence-electron chi connectivity index (χ2n) is 9.74. The fourth-order valence-corrected chi connectivity index (χ4v) is 6.49. The number of hydrogen-bond donors (Lipinski definition) is 0. The molecule has 0 bridgehead atoms. The Balaban J connectivity index is 6.97. The normalized spacial score (nSPS) is 16.6. The summed E-state index contributed by atoms with van der Waals surface area (Å²) in [5.41, 5.74) is -13.5. The Bertz CT molecular complexity index is 982. The van der Waals surface area contributed by atoms with Crippen LogP contribution in [0.15, 0.2) is 0 Å². The summed E-state index contributed by atoms with van der Waals surface area (Å²) < 4.78 is 368. The molecule has 0 amide bonds. The van der Waals surface area contributed by atoms with Gasteiger partial charge in [0, 0.05) is 6.42 Å². The summed E-state index contributed by atoms with van der Waals surface area (Å²) in [6, 6.07) is -9.52. The highest BCUT2D eigenvalue weighted by molar-refractivity contribution is 6.73. The number of hydrogen-bond acceptors (Lipinski definition) is 0. The van der Waals surface area contributed by atoms with Crippen molar-refractivity contribution in [2.45, 2.75) is 109 Å². The summed E-state index contributed by atoms with van der Waals surface area (Å²) in [6.07, 6.45) is -47.8. The van der Waals surface area contributed by atoms with Gasteiger partial charge in [0.15, 0.2) is 0 Å². The summed E-state index contributed by atoms with van der Waals surface area (Å²) in [7, 11) is -7.20. The van der Waals surface area contributed by atoms with E-state index < -0.39 is 118 Å². The second-order valence-corrected chi connectivity index (χ2v) is 13.5. The van der Waals surface area contributed by atoms with E-state index in [4.69, 9.17) is 0 Å². The SMILES string of the molecule is FC(F)(F)C(F)(F)C(F)(F)C(F)(F)C(F)(F)C(F)(F)CC[Si](F)(CCC(F)(C(F)(F)F)C(F)(F)F)CCC(F)(C(F)(F)F)C(F)(F)F. The Morgan fingerprint density at radius 3 is 0.745 bits per heavy atom. The predicted molar refractivity (Wildman–Crippen MR) is 97.8 cm³/mol. The topological polar surface area (TPSA) is 0 Å². The largest absolute Gasteiger partial charge is 0.460 e. The molecule has 0 fully saturated rings. The standard InChI is InChI=1S/C18H12F28Si/c19-7(14(31,32)33,15(34,35)36)1-4-47(46,5-2-8(20,16(37,38)39)17(40,41)42)6-3-9(21,22)10(23,24)11(25,26)12(27,28)13(29,30)18(43,44)45/h1-6H2. The number of halogens is 28. The Kier molecular flexibility index (Phi) is 11.8. The molecule has 47 heavy (non-hydrogen) atoms. The van der Waals surface area contributed by atoms with Crippen molar-refractivity contribution in [1.82, 2.24) is 0 Å². The van der Waals surface area contributed by atoms with Crippen LogP contribution >= 0.6 is 0 Å². The minimum Gasteiger partial charge on any atom is -0.314 e. The van der Waals surface area contributed by atoms with Crippen LogP contribution in [0.2, 0.25) is 18.1 Å². The monoisotopic (exact) mass is 788 g/mol. The van der Waals surface area contributed by atoms with Crippen LogP contribution in [-0.2, 0) is 0 Å². The first-order valence-corrected chi connectivity index (χ1v) is 13.7. The highest BCUT2D eigenvalue weighted by atomic mass is 28.4. The molecule has 0 spiro atoms. The lowest BCUT2D eigenvalue weighted by Gasteiger charge is -2.40. The molecule has 0 aliphatic heterocycles. The van der Waals surface area contributed by atoms with Crippen molar-refractivity contribution in [3.8, 4) is 0 Å². The van der Waals surface area contributed by atoms with E-state index in [1.165, 1.54) is 0 Å². The molecule has 0 heterocycles. The van der Waals surface area contributed by atoms with E-state index in [1.807, 2.05) is 0 Å². The van der Waals surface area contributed by atoms with Crippen LogP contribution in [0.25, 0.3) is 0 Å². The van der Waals surface area contributed by atoms with E-state index in [2.05, 4.69) is 0 Å². The van der Waals surface area contributed by atoms with Gasteiger partial charge in [-0.15, -0.1) is 0 Å². The van der Waals surface area contributed by atoms with Crippen molar-refractivity contribution >= 4 is 8.41 Å². The van der Waals surface area contributed by atoms with Crippen LogP contribution in [-0.4, -0.2) is 80.2 Å². The molecule has 0 aliphatic rings. The van der Waals surface area contributed by atoms with E-state index in [1.54, 1.807) is 0 Å². The van der Waals surface area contributed by atoms with Crippen LogP contribution in [0.5, 0.6) is 0 Å². The third kappa shape index (κ3) is 7.86. The maximum atomic E-state index is 15.4. The Morgan fingerprint density at radius 2 is 0.511 bits per heavy atom. The van der Waals surface area contributed by atoms with Gasteiger partial charge in [-0.3, -0.25) is 0 Å². The molecule has 0 saturated carbocycles. The first-order chi connectivity index (χ1) is 19.9. The molecule has 0 saturated heterocycles. The Hall–Kier alpha value is -1.74. The summed E-state index contributed by atoms with van der Waals surface area (Å²) in [6.45, 7) is 0. The lowest BCUT2D eigenvalue weighted by atomic mass is 9.93. The molecule has 29 heteroatoms. The maximum Gasteiger partial charge on any atom is 0.460 e. The molecule has 0 unspecified atom stereocenters. The minimum absolute atomic E-state index is 3.13. The minimum atomic E-state index is -8.59. The van der Waals surface area contributed by atoms with Gasteiger partial charge in [0.05, 0.1) is 0 Å². The van der Waals surface area contributed by atoms with E-state index >= 15 is 4.11 Å². The summed E-state index contributed by atoms with van der Waals surface area (Å²) in [4.78, 5) is 0. The summed E-state index contributed by atoms with van der Waals surface area (Å²) >= 11 is 0. The quantitative estimate of drug-likeness (QED) is 0.0991. The molecule has 0 rings (SSSR count). The van der Waals surface area contributed by atoms with E-state index in [9.17, 15) is 119 Å². The van der Waals surface area contributed by atoms with Gasteiger partial charge in [0.25, 0.3) is 11.3 Å². The second kappa shape index (κ2) is 12.2. The van der Waals surface area contributed by atoms with Gasteiger partial charge in [-0.05, 0) is 31.0 Å². The third-order valence-corrected chi connectivity index (χ3v) is 9.96. The zero-order valence-corrected chi connectivity index (χ0v) is 22.3. The number of rotatable bonds is 13. The average Bonchev–Trinajstić information content (AvgIpc) is 2.80. The van der Waals surface area contributed by atoms with E-state index in [-0.39, 0.29) is 0 Å². The van der Waals surface area contributed by atoms with Crippen LogP contribution in [0, 0.1) is 0 Å². The molecule has 0 N–H and O–H groups in total. The van der Waals surface area contributed by atoms with Gasteiger partial charge < -0.3 is 4.11 Å². The molecule has 0 aromatic heterocycles. The van der Waals surface area contributed by atoms with Crippen LogP contribution in [0.1, 0.15) is 19.3 Å². The fraction of sp³-hybridized carbons (Fsp3) is 1.00. The number of alkyl halides is 27. The summed E-state index contributed by atoms with van der Waals surface area (Å²) in [5.74, 6) is -41.1. The van der Waals surface area contributed by atoms with Crippen molar-refractivity contribution < 1.29 is 123 Å². The van der Waals surface area contributed by atoms with E-state index in [0.717, 1.165) is 0 Å². The fourth-order valence-electron chi connectivity index (χ4n) is 3.40. The van der Waals surface area contributed by atoms with Crippen molar-refractivity contribution in [1.29, 1.82) is 0 Å². The van der Waals surface area contributed by atoms with Crippen LogP contribution in [0.4, 0.5) is 123 Å². The first kappa shape index (κ1) is 45.3. The van der Waals surface area contributed by atoms with Gasteiger partial charge in [-0.25, -0.2) is 8.78 Å². The molecule has 0 aromatic carbocycles. The summed E-state index contributed by atoms with van der Waals surface area (Å²) in [5, 5.41) is 0. The van der Waals surface area contributed by atoms with Gasteiger partial charge >= 0.3 is 60.5 Å². The van der Waals surface area contributed by atoms with Gasteiger partial charge in [-0.2, -0.15) is 110 Å². The molecule has 0 nitrogen and oxygen atoms in total. The van der Waals surface area contributed by atoms with Crippen LogP contribution in [0.3, 0.4) is 0 Å². The Labute approximate surface area is 241 Å². The molecule has 0 aromatic rings. The van der Waals surface area contributed by atoms with Crippen molar-refractivity contribution in [3.05, 3.63) is 0 Å². The van der Waals surface area contributed by atoms with Crippen molar-refractivity contribution in [3.63, 3.8) is 0 Å². The molecule has 0 radical (unpaired) electrons. The molecule has 0 aliphatic carbocycles. The first-order valence-electron chi connectivity index (χ1n) is 11.2. The van der Waals surface area contributed by atoms with Crippen LogP contribution < -0.4 is 0 Å². The maximum absolute atomic E-state index is 15.4. The zero-order valence-electron chi connectivity index (χ0n) is 21.3. The molecule has 284 valence electrons. The van der Waals surface area contributed by atoms with Gasteiger partial charge in [0.2, 0.25) is 8.41 Å². The van der Waals surface area contributed by atoms with Gasteiger partial charge in [0.1, 0.15) is 0 Å². The van der Waals surface area contributed by atoms with E-state index in [0.29, 0.717) is 0 Å². The third-order valence-electron chi connectivity index (χ3n) is 6.52. The van der Waals surface area contributed by atoms with Gasteiger partial charge in [-0.1, -0.05) is 0 Å². The Morgan fingerprint density at radius 1 is 0.277 bits per heavy atom. The zero-order chi connectivity index (χ0) is 38.7. The lowest BCUT2D eigenvalue weighted by Crippen LogP contribution is -2.70. The lowest BCUT2D eigenvalue weighted by molar-refractivity contribution is -0.439. The molecular formula is C18H12F28Si.